The van der Waals surface area contributed by atoms with Gasteiger partial charge in [-0.15, -0.1) is 0 Å². The third-order valence-electron chi connectivity index (χ3n) is 3.21. The summed E-state index contributed by atoms with van der Waals surface area (Å²) in [5.41, 5.74) is 2.62. The van der Waals surface area contributed by atoms with Gasteiger partial charge in [-0.25, -0.2) is 4.39 Å². The molecule has 1 N–H and O–H groups in total. The molecule has 0 atom stereocenters. The summed E-state index contributed by atoms with van der Waals surface area (Å²) in [7, 11) is 0. The molecule has 0 spiro atoms. The van der Waals surface area contributed by atoms with Crippen molar-refractivity contribution < 1.29 is 4.39 Å². The summed E-state index contributed by atoms with van der Waals surface area (Å²) >= 11 is 6.11. The molecule has 1 fully saturated rings. The van der Waals surface area contributed by atoms with Crippen molar-refractivity contribution in [1.29, 1.82) is 0 Å². The molecule has 1 aromatic heterocycles. The van der Waals surface area contributed by atoms with E-state index >= 15 is 0 Å². The van der Waals surface area contributed by atoms with Gasteiger partial charge in [0.1, 0.15) is 5.82 Å². The molecule has 3 rings (SSSR count). The van der Waals surface area contributed by atoms with Gasteiger partial charge < -0.3 is 5.32 Å². The molecule has 1 aliphatic rings. The Hall–Kier alpha value is -1.45. The fraction of sp³-hybridized carbons (Fsp3) is 0.267. The van der Waals surface area contributed by atoms with Gasteiger partial charge in [0.05, 0.1) is 0 Å². The van der Waals surface area contributed by atoms with Gasteiger partial charge in [0.25, 0.3) is 0 Å². The summed E-state index contributed by atoms with van der Waals surface area (Å²) in [5, 5.41) is 3.97. The van der Waals surface area contributed by atoms with Crippen LogP contribution in [-0.2, 0) is 6.54 Å². The molecule has 2 aromatic rings. The Morgan fingerprint density at radius 1 is 1.26 bits per heavy atom. The minimum atomic E-state index is -0.291. The van der Waals surface area contributed by atoms with Gasteiger partial charge in [0.15, 0.2) is 0 Å². The van der Waals surface area contributed by atoms with E-state index in [1.807, 2.05) is 12.3 Å². The Morgan fingerprint density at radius 2 is 2.11 bits per heavy atom. The van der Waals surface area contributed by atoms with Crippen molar-refractivity contribution in [3.05, 3.63) is 53.1 Å². The zero-order valence-corrected chi connectivity index (χ0v) is 11.1. The number of aromatic nitrogens is 1. The Morgan fingerprint density at radius 3 is 2.89 bits per heavy atom. The largest absolute Gasteiger partial charge is 0.310 e. The zero-order chi connectivity index (χ0) is 13.2. The molecule has 98 valence electrons. The van der Waals surface area contributed by atoms with Crippen LogP contribution in [0, 0.1) is 5.82 Å². The normalized spacial score (nSPS) is 14.6. The first-order valence-corrected chi connectivity index (χ1v) is 6.73. The van der Waals surface area contributed by atoms with Crippen molar-refractivity contribution in [1.82, 2.24) is 10.3 Å². The van der Waals surface area contributed by atoms with Crippen LogP contribution in [0.5, 0.6) is 0 Å². The van der Waals surface area contributed by atoms with Gasteiger partial charge in [0.2, 0.25) is 0 Å². The number of halogens is 2. The highest BCUT2D eigenvalue weighted by Gasteiger charge is 2.20. The second kappa shape index (κ2) is 5.27. The lowest BCUT2D eigenvalue weighted by Crippen LogP contribution is -2.15. The van der Waals surface area contributed by atoms with Crippen LogP contribution in [0.3, 0.4) is 0 Å². The first-order valence-electron chi connectivity index (χ1n) is 6.35. The first kappa shape index (κ1) is 12.6. The SMILES string of the molecule is Fc1ccc(Cl)c(-c2cncc(CNC3CC3)c2)c1. The van der Waals surface area contributed by atoms with Crippen LogP contribution in [0.1, 0.15) is 18.4 Å². The highest BCUT2D eigenvalue weighted by atomic mass is 35.5. The number of nitrogens with one attached hydrogen (secondary N) is 1. The van der Waals surface area contributed by atoms with Crippen LogP contribution in [-0.4, -0.2) is 11.0 Å². The molecule has 19 heavy (non-hydrogen) atoms. The van der Waals surface area contributed by atoms with Gasteiger partial charge in [-0.1, -0.05) is 11.6 Å². The van der Waals surface area contributed by atoms with Crippen molar-refractivity contribution in [2.24, 2.45) is 0 Å². The van der Waals surface area contributed by atoms with Crippen LogP contribution in [0.15, 0.2) is 36.7 Å². The second-order valence-electron chi connectivity index (χ2n) is 4.86. The molecule has 0 saturated heterocycles. The molecule has 0 radical (unpaired) electrons. The Kier molecular flexibility index (Phi) is 3.49. The number of benzene rings is 1. The van der Waals surface area contributed by atoms with Crippen molar-refractivity contribution in [2.75, 3.05) is 0 Å². The van der Waals surface area contributed by atoms with Crippen LogP contribution >= 0.6 is 11.6 Å². The van der Waals surface area contributed by atoms with Gasteiger partial charge in [-0.3, -0.25) is 4.98 Å². The topological polar surface area (TPSA) is 24.9 Å². The maximum Gasteiger partial charge on any atom is 0.123 e. The molecule has 0 aliphatic heterocycles. The lowest BCUT2D eigenvalue weighted by atomic mass is 10.1. The molecule has 1 heterocycles. The fourth-order valence-corrected chi connectivity index (χ4v) is 2.23. The quantitative estimate of drug-likeness (QED) is 0.919. The predicted octanol–water partition coefficient (Wildman–Crippen LogP) is 3.79. The maximum absolute atomic E-state index is 13.3. The summed E-state index contributed by atoms with van der Waals surface area (Å²) in [5.74, 6) is -0.291. The van der Waals surface area contributed by atoms with Gasteiger partial charge in [-0.05, 0) is 42.7 Å². The minimum absolute atomic E-state index is 0.291. The van der Waals surface area contributed by atoms with Crippen LogP contribution in [0.25, 0.3) is 11.1 Å². The highest BCUT2D eigenvalue weighted by Crippen LogP contribution is 2.28. The summed E-state index contributed by atoms with van der Waals surface area (Å²) < 4.78 is 13.3. The van der Waals surface area contributed by atoms with E-state index in [9.17, 15) is 4.39 Å². The van der Waals surface area contributed by atoms with Gasteiger partial charge in [-0.2, -0.15) is 0 Å². The van der Waals surface area contributed by atoms with E-state index in [1.54, 1.807) is 12.3 Å². The second-order valence-corrected chi connectivity index (χ2v) is 5.27. The molecule has 0 amide bonds. The monoisotopic (exact) mass is 276 g/mol. The molecule has 4 heteroatoms. The molecule has 1 aromatic carbocycles. The average molecular weight is 277 g/mol. The summed E-state index contributed by atoms with van der Waals surface area (Å²) in [6, 6.07) is 7.03. The number of pyridine rings is 1. The molecule has 0 bridgehead atoms. The highest BCUT2D eigenvalue weighted by molar-refractivity contribution is 6.33. The maximum atomic E-state index is 13.3. The lowest BCUT2D eigenvalue weighted by Gasteiger charge is -2.07. The van der Waals surface area contributed by atoms with E-state index in [2.05, 4.69) is 10.3 Å². The van der Waals surface area contributed by atoms with Crippen LogP contribution in [0.2, 0.25) is 5.02 Å². The molecule has 1 saturated carbocycles. The predicted molar refractivity (Wildman–Crippen MR) is 74.5 cm³/mol. The minimum Gasteiger partial charge on any atom is -0.310 e. The Labute approximate surface area is 116 Å². The van der Waals surface area contributed by atoms with Crippen molar-refractivity contribution in [3.8, 4) is 11.1 Å². The van der Waals surface area contributed by atoms with E-state index in [0.717, 1.165) is 17.7 Å². The average Bonchev–Trinajstić information content (AvgIpc) is 3.24. The van der Waals surface area contributed by atoms with Crippen LogP contribution in [0.4, 0.5) is 4.39 Å². The third kappa shape index (κ3) is 3.11. The van der Waals surface area contributed by atoms with Crippen molar-refractivity contribution in [3.63, 3.8) is 0 Å². The molecule has 0 unspecified atom stereocenters. The summed E-state index contributed by atoms with van der Waals surface area (Å²) in [6.07, 6.45) is 6.04. The van der Waals surface area contributed by atoms with Crippen molar-refractivity contribution >= 4 is 11.6 Å². The van der Waals surface area contributed by atoms with Gasteiger partial charge in [0, 0.05) is 41.1 Å². The standard InChI is InChI=1S/C15H14ClFN2/c16-15-4-1-12(17)6-14(15)11-5-10(7-18-9-11)8-19-13-2-3-13/h1,4-7,9,13,19H,2-3,8H2. The van der Waals surface area contributed by atoms with E-state index in [1.165, 1.54) is 25.0 Å². The fourth-order valence-electron chi connectivity index (χ4n) is 2.00. The summed E-state index contributed by atoms with van der Waals surface area (Å²) in [6.45, 7) is 0.790. The number of nitrogens with zero attached hydrogens (tertiary/aromatic N) is 1. The van der Waals surface area contributed by atoms with Gasteiger partial charge >= 0.3 is 0 Å². The molecule has 2 nitrogen and oxygen atoms in total. The number of rotatable bonds is 4. The van der Waals surface area contributed by atoms with E-state index in [4.69, 9.17) is 11.6 Å². The van der Waals surface area contributed by atoms with Crippen molar-refractivity contribution in [2.45, 2.75) is 25.4 Å². The molecular formula is C15H14ClFN2. The Balaban J connectivity index is 1.86. The van der Waals surface area contributed by atoms with E-state index in [0.29, 0.717) is 16.6 Å². The van der Waals surface area contributed by atoms with E-state index < -0.39 is 0 Å². The smallest absolute Gasteiger partial charge is 0.123 e. The lowest BCUT2D eigenvalue weighted by molar-refractivity contribution is 0.628. The van der Waals surface area contributed by atoms with Crippen LogP contribution < -0.4 is 5.32 Å². The zero-order valence-electron chi connectivity index (χ0n) is 10.4. The third-order valence-corrected chi connectivity index (χ3v) is 3.54. The number of hydrogen-bond acceptors (Lipinski definition) is 2. The van der Waals surface area contributed by atoms with E-state index in [-0.39, 0.29) is 5.82 Å². The molecule has 1 aliphatic carbocycles. The first-order chi connectivity index (χ1) is 9.22. The Bertz CT molecular complexity index is 596. The molecular weight excluding hydrogens is 263 g/mol. The number of hydrogen-bond donors (Lipinski definition) is 1. The summed E-state index contributed by atoms with van der Waals surface area (Å²) in [4.78, 5) is 4.21.